The van der Waals surface area contributed by atoms with E-state index >= 15 is 0 Å². The Morgan fingerprint density at radius 2 is 1.88 bits per heavy atom. The third-order valence-corrected chi connectivity index (χ3v) is 5.68. The summed E-state index contributed by atoms with van der Waals surface area (Å²) < 4.78 is 5.61. The Morgan fingerprint density at radius 3 is 2.68 bits per heavy atom. The Hall–Kier alpha value is -1.55. The first kappa shape index (κ1) is 16.9. The summed E-state index contributed by atoms with van der Waals surface area (Å²) >= 11 is 12.5. The van der Waals surface area contributed by atoms with Crippen molar-refractivity contribution in [3.8, 4) is 0 Å². The van der Waals surface area contributed by atoms with Gasteiger partial charge in [-0.15, -0.1) is 0 Å². The zero-order chi connectivity index (χ0) is 17.3. The van der Waals surface area contributed by atoms with Crippen LogP contribution in [0.25, 0.3) is 0 Å². The molecule has 2 aliphatic rings. The number of nitrogens with one attached hydrogen (secondary N) is 1. The van der Waals surface area contributed by atoms with Crippen molar-refractivity contribution in [2.45, 2.75) is 25.8 Å². The summed E-state index contributed by atoms with van der Waals surface area (Å²) in [5.74, 6) is 1.02. The molecule has 0 radical (unpaired) electrons. The molecule has 0 saturated carbocycles. The molecular weight excluding hydrogens is 355 g/mol. The summed E-state index contributed by atoms with van der Waals surface area (Å²) in [6.07, 6.45) is 2.90. The quantitative estimate of drug-likeness (QED) is 0.767. The highest BCUT2D eigenvalue weighted by Gasteiger charge is 2.42. The van der Waals surface area contributed by atoms with Gasteiger partial charge >= 0.3 is 0 Å². The van der Waals surface area contributed by atoms with Crippen molar-refractivity contribution < 1.29 is 4.74 Å². The second-order valence-corrected chi connectivity index (χ2v) is 7.61. The minimum absolute atomic E-state index is 0.00844. The molecule has 5 heteroatoms. The lowest BCUT2D eigenvalue weighted by Gasteiger charge is -2.42. The van der Waals surface area contributed by atoms with Crippen LogP contribution < -0.4 is 5.32 Å². The fourth-order valence-corrected chi connectivity index (χ4v) is 4.20. The van der Waals surface area contributed by atoms with Crippen LogP contribution in [0.4, 0.5) is 5.69 Å². The van der Waals surface area contributed by atoms with E-state index in [-0.39, 0.29) is 5.41 Å². The van der Waals surface area contributed by atoms with Crippen LogP contribution in [-0.4, -0.2) is 19.0 Å². The number of nitrogens with zero attached hydrogens (tertiary/aromatic N) is 1. The number of anilines is 1. The molecule has 0 unspecified atom stereocenters. The summed E-state index contributed by atoms with van der Waals surface area (Å²) in [5.41, 5.74) is 3.37. The fourth-order valence-electron chi connectivity index (χ4n) is 3.74. The van der Waals surface area contributed by atoms with Crippen LogP contribution in [0.2, 0.25) is 10.0 Å². The molecular formula is C20H20Cl2N2O. The largest absolute Gasteiger partial charge is 0.381 e. The second-order valence-electron chi connectivity index (χ2n) is 6.76. The molecule has 130 valence electrons. The van der Waals surface area contributed by atoms with Gasteiger partial charge in [-0.3, -0.25) is 4.99 Å². The van der Waals surface area contributed by atoms with E-state index in [4.69, 9.17) is 32.9 Å². The van der Waals surface area contributed by atoms with E-state index in [0.717, 1.165) is 59.6 Å². The van der Waals surface area contributed by atoms with Crippen LogP contribution in [0.3, 0.4) is 0 Å². The zero-order valence-electron chi connectivity index (χ0n) is 13.9. The number of aliphatic imine (C=N–C) groups is 1. The van der Waals surface area contributed by atoms with E-state index < -0.39 is 0 Å². The molecule has 0 atom stereocenters. The summed E-state index contributed by atoms with van der Waals surface area (Å²) in [5, 5.41) is 5.02. The number of ether oxygens (including phenoxy) is 1. The van der Waals surface area contributed by atoms with Crippen molar-refractivity contribution in [1.29, 1.82) is 0 Å². The van der Waals surface area contributed by atoms with Crippen LogP contribution in [-0.2, 0) is 17.7 Å². The molecule has 1 saturated heterocycles. The summed E-state index contributed by atoms with van der Waals surface area (Å²) in [6.45, 7) is 2.15. The zero-order valence-corrected chi connectivity index (χ0v) is 15.4. The third kappa shape index (κ3) is 3.41. The normalized spacial score (nSPS) is 20.3. The van der Waals surface area contributed by atoms with Crippen molar-refractivity contribution in [2.24, 2.45) is 10.4 Å². The maximum absolute atomic E-state index is 6.41. The van der Waals surface area contributed by atoms with Gasteiger partial charge in [-0.2, -0.15) is 0 Å². The molecule has 1 fully saturated rings. The minimum atomic E-state index is 0.00844. The smallest absolute Gasteiger partial charge is 0.108 e. The highest BCUT2D eigenvalue weighted by molar-refractivity contribution is 6.34. The van der Waals surface area contributed by atoms with E-state index in [0.29, 0.717) is 6.54 Å². The fraction of sp³-hybridized carbons (Fsp3) is 0.350. The predicted molar refractivity (Wildman–Crippen MR) is 104 cm³/mol. The average Bonchev–Trinajstić information content (AvgIpc) is 2.61. The predicted octanol–water partition coefficient (Wildman–Crippen LogP) is 5.36. The number of para-hydroxylation sites is 1. The topological polar surface area (TPSA) is 33.6 Å². The van der Waals surface area contributed by atoms with Crippen LogP contribution in [0.15, 0.2) is 47.5 Å². The van der Waals surface area contributed by atoms with Gasteiger partial charge in [0.05, 0.1) is 17.3 Å². The molecule has 0 aromatic heterocycles. The number of hydrogen-bond acceptors (Lipinski definition) is 2. The molecule has 3 nitrogen and oxygen atoms in total. The molecule has 1 spiro atoms. The number of benzene rings is 2. The van der Waals surface area contributed by atoms with E-state index in [9.17, 15) is 0 Å². The second kappa shape index (κ2) is 6.99. The highest BCUT2D eigenvalue weighted by Crippen LogP contribution is 2.43. The third-order valence-electron chi connectivity index (χ3n) is 5.13. The van der Waals surface area contributed by atoms with Gasteiger partial charge in [-0.1, -0.05) is 47.5 Å². The van der Waals surface area contributed by atoms with Gasteiger partial charge in [0.2, 0.25) is 0 Å². The molecule has 1 N–H and O–H groups in total. The Kier molecular flexibility index (Phi) is 4.72. The Bertz CT molecular complexity index is 813. The first-order valence-corrected chi connectivity index (χ1v) is 9.33. The molecule has 2 aromatic rings. The van der Waals surface area contributed by atoms with Crippen LogP contribution in [0.1, 0.15) is 24.0 Å². The van der Waals surface area contributed by atoms with Gasteiger partial charge in [0.1, 0.15) is 5.84 Å². The standard InChI is InChI=1S/C20H20Cl2N2O/c21-16-5-1-3-14(11-16)13-23-19-20(7-9-25-10-8-20)12-15-4-2-6-17(22)18(15)24-19/h1-6,11H,7-10,12-13H2,(H,23,24). The summed E-state index contributed by atoms with van der Waals surface area (Å²) in [4.78, 5) is 4.94. The highest BCUT2D eigenvalue weighted by atomic mass is 35.5. The maximum Gasteiger partial charge on any atom is 0.108 e. The van der Waals surface area contributed by atoms with Gasteiger partial charge in [0.25, 0.3) is 0 Å². The average molecular weight is 375 g/mol. The summed E-state index contributed by atoms with van der Waals surface area (Å²) in [6, 6.07) is 13.9. The van der Waals surface area contributed by atoms with Crippen molar-refractivity contribution >= 4 is 34.7 Å². The van der Waals surface area contributed by atoms with Gasteiger partial charge in [-0.25, -0.2) is 0 Å². The Morgan fingerprint density at radius 1 is 1.08 bits per heavy atom. The first-order chi connectivity index (χ1) is 12.2. The number of halogens is 2. The molecule has 0 aliphatic carbocycles. The monoisotopic (exact) mass is 374 g/mol. The lowest BCUT2D eigenvalue weighted by atomic mass is 9.71. The summed E-state index contributed by atoms with van der Waals surface area (Å²) in [7, 11) is 0. The van der Waals surface area contributed by atoms with E-state index in [1.54, 1.807) is 0 Å². The number of fused-ring (bicyclic) bond motifs is 1. The maximum atomic E-state index is 6.41. The number of rotatable bonds is 2. The van der Waals surface area contributed by atoms with Gasteiger partial charge < -0.3 is 10.1 Å². The van der Waals surface area contributed by atoms with Crippen molar-refractivity contribution in [1.82, 2.24) is 0 Å². The van der Waals surface area contributed by atoms with E-state index in [1.165, 1.54) is 5.56 Å². The van der Waals surface area contributed by atoms with Crippen LogP contribution in [0.5, 0.6) is 0 Å². The Labute approximate surface area is 158 Å². The molecule has 2 heterocycles. The number of hydrogen-bond donors (Lipinski definition) is 1. The lowest BCUT2D eigenvalue weighted by Crippen LogP contribution is -2.46. The van der Waals surface area contributed by atoms with Gasteiger partial charge in [0, 0.05) is 23.7 Å². The molecule has 2 aliphatic heterocycles. The van der Waals surface area contributed by atoms with Gasteiger partial charge in [0.15, 0.2) is 0 Å². The SMILES string of the molecule is Clc1cccc(CN=C2Nc3c(Cl)cccc3CC23CCOCC3)c1. The lowest BCUT2D eigenvalue weighted by molar-refractivity contribution is 0.0449. The van der Waals surface area contributed by atoms with Crippen molar-refractivity contribution in [2.75, 3.05) is 18.5 Å². The van der Waals surface area contributed by atoms with E-state index in [2.05, 4.69) is 17.4 Å². The Balaban J connectivity index is 1.69. The minimum Gasteiger partial charge on any atom is -0.381 e. The van der Waals surface area contributed by atoms with Crippen LogP contribution >= 0.6 is 23.2 Å². The van der Waals surface area contributed by atoms with Crippen LogP contribution in [0, 0.1) is 5.41 Å². The molecule has 0 bridgehead atoms. The molecule has 25 heavy (non-hydrogen) atoms. The first-order valence-electron chi connectivity index (χ1n) is 8.58. The van der Waals surface area contributed by atoms with Gasteiger partial charge in [-0.05, 0) is 48.6 Å². The molecule has 0 amide bonds. The van der Waals surface area contributed by atoms with E-state index in [1.807, 2.05) is 30.3 Å². The van der Waals surface area contributed by atoms with Crippen molar-refractivity contribution in [3.05, 3.63) is 63.6 Å². The molecule has 2 aromatic carbocycles. The van der Waals surface area contributed by atoms with Crippen molar-refractivity contribution in [3.63, 3.8) is 0 Å². The molecule has 4 rings (SSSR count). The number of amidine groups is 1.